The molecule has 0 aliphatic rings. The molecule has 1 atom stereocenters. The number of hydrogen-bond acceptors (Lipinski definition) is 6. The molecule has 100 valence electrons. The highest BCUT2D eigenvalue weighted by molar-refractivity contribution is 7.09. The zero-order valence-electron chi connectivity index (χ0n) is 10.5. The summed E-state index contributed by atoms with van der Waals surface area (Å²) < 4.78 is 9.56. The first-order chi connectivity index (χ1) is 8.54. The summed E-state index contributed by atoms with van der Waals surface area (Å²) in [5.74, 6) is -0.568. The Morgan fingerprint density at radius 3 is 2.72 bits per heavy atom. The smallest absolute Gasteiger partial charge is 0.408 e. The molecule has 1 aromatic rings. The molecular weight excluding hydrogens is 256 g/mol. The second-order valence-corrected chi connectivity index (χ2v) is 4.87. The van der Waals surface area contributed by atoms with Gasteiger partial charge in [-0.15, -0.1) is 11.3 Å². The van der Waals surface area contributed by atoms with Gasteiger partial charge in [-0.25, -0.2) is 14.6 Å². The van der Waals surface area contributed by atoms with Gasteiger partial charge in [0.05, 0.1) is 7.11 Å². The molecule has 0 spiro atoms. The molecule has 0 radical (unpaired) electrons. The first kappa shape index (κ1) is 14.4. The van der Waals surface area contributed by atoms with Crippen molar-refractivity contribution in [2.24, 2.45) is 5.92 Å². The van der Waals surface area contributed by atoms with E-state index in [1.54, 1.807) is 11.6 Å². The molecule has 18 heavy (non-hydrogen) atoms. The van der Waals surface area contributed by atoms with E-state index in [1.807, 2.05) is 13.8 Å². The number of aromatic nitrogens is 1. The maximum Gasteiger partial charge on any atom is 0.408 e. The molecule has 1 N–H and O–H groups in total. The van der Waals surface area contributed by atoms with E-state index in [-0.39, 0.29) is 12.5 Å². The topological polar surface area (TPSA) is 77.5 Å². The molecule has 0 saturated heterocycles. The number of carbonyl (C=O) groups excluding carboxylic acids is 2. The number of hydrogen-bond donors (Lipinski definition) is 1. The van der Waals surface area contributed by atoms with Gasteiger partial charge in [0.15, 0.2) is 0 Å². The molecule has 1 aromatic heterocycles. The third kappa shape index (κ3) is 4.33. The predicted molar refractivity (Wildman–Crippen MR) is 66.1 cm³/mol. The fourth-order valence-corrected chi connectivity index (χ4v) is 1.77. The Bertz CT molecular complexity index is 392. The van der Waals surface area contributed by atoms with E-state index in [0.29, 0.717) is 5.01 Å². The van der Waals surface area contributed by atoms with Crippen LogP contribution in [0.3, 0.4) is 0 Å². The van der Waals surface area contributed by atoms with E-state index in [4.69, 9.17) is 4.74 Å². The summed E-state index contributed by atoms with van der Waals surface area (Å²) in [6, 6.07) is -0.709. The van der Waals surface area contributed by atoms with E-state index in [1.165, 1.54) is 18.4 Å². The maximum absolute atomic E-state index is 11.5. The van der Waals surface area contributed by atoms with Crippen molar-refractivity contribution >= 4 is 23.4 Å². The summed E-state index contributed by atoms with van der Waals surface area (Å²) in [7, 11) is 1.28. The number of carbonyl (C=O) groups is 2. The van der Waals surface area contributed by atoms with Gasteiger partial charge in [0, 0.05) is 11.6 Å². The average Bonchev–Trinajstić information content (AvgIpc) is 2.85. The van der Waals surface area contributed by atoms with Crippen LogP contribution in [0.15, 0.2) is 11.6 Å². The van der Waals surface area contributed by atoms with Crippen molar-refractivity contribution in [1.82, 2.24) is 10.3 Å². The molecule has 0 aliphatic carbocycles. The Balaban J connectivity index is 2.44. The number of ether oxygens (including phenoxy) is 2. The first-order valence-corrected chi connectivity index (χ1v) is 6.32. The molecule has 0 bridgehead atoms. The van der Waals surface area contributed by atoms with Gasteiger partial charge in [-0.1, -0.05) is 13.8 Å². The van der Waals surface area contributed by atoms with Gasteiger partial charge in [-0.3, -0.25) is 0 Å². The highest BCUT2D eigenvalue weighted by atomic mass is 32.1. The molecule has 7 heteroatoms. The second kappa shape index (κ2) is 6.95. The van der Waals surface area contributed by atoms with Gasteiger partial charge in [0.25, 0.3) is 0 Å². The van der Waals surface area contributed by atoms with Gasteiger partial charge in [0.1, 0.15) is 17.7 Å². The van der Waals surface area contributed by atoms with Crippen molar-refractivity contribution in [3.05, 3.63) is 16.6 Å². The van der Waals surface area contributed by atoms with Gasteiger partial charge in [-0.05, 0) is 5.92 Å². The standard InChI is InChI=1S/C11H16N2O4S/c1-7(2)9(10(14)16-3)13-11(15)17-6-8-12-4-5-18-8/h4-5,7,9H,6H2,1-3H3,(H,13,15)/t9-/m0/s1. The van der Waals surface area contributed by atoms with Crippen LogP contribution in [-0.2, 0) is 20.9 Å². The Morgan fingerprint density at radius 2 is 2.22 bits per heavy atom. The highest BCUT2D eigenvalue weighted by Gasteiger charge is 2.25. The normalized spacial score (nSPS) is 12.0. The van der Waals surface area contributed by atoms with Crippen molar-refractivity contribution in [2.75, 3.05) is 7.11 Å². The zero-order chi connectivity index (χ0) is 13.5. The van der Waals surface area contributed by atoms with Crippen molar-refractivity contribution < 1.29 is 19.1 Å². The maximum atomic E-state index is 11.5. The summed E-state index contributed by atoms with van der Waals surface area (Å²) >= 11 is 1.39. The molecule has 0 unspecified atom stereocenters. The SMILES string of the molecule is COC(=O)[C@@H](NC(=O)OCc1nccs1)C(C)C. The highest BCUT2D eigenvalue weighted by Crippen LogP contribution is 2.07. The fraction of sp³-hybridized carbons (Fsp3) is 0.545. The fourth-order valence-electron chi connectivity index (χ4n) is 1.24. The summed E-state index contributed by atoms with van der Waals surface area (Å²) in [5.41, 5.74) is 0. The van der Waals surface area contributed by atoms with Crippen molar-refractivity contribution in [3.63, 3.8) is 0 Å². The van der Waals surface area contributed by atoms with Crippen LogP contribution >= 0.6 is 11.3 Å². The quantitative estimate of drug-likeness (QED) is 0.823. The van der Waals surface area contributed by atoms with Crippen molar-refractivity contribution in [1.29, 1.82) is 0 Å². The van der Waals surface area contributed by atoms with Crippen LogP contribution in [-0.4, -0.2) is 30.2 Å². The Morgan fingerprint density at radius 1 is 1.50 bits per heavy atom. The van der Waals surface area contributed by atoms with E-state index in [0.717, 1.165) is 0 Å². The monoisotopic (exact) mass is 272 g/mol. The van der Waals surface area contributed by atoms with E-state index < -0.39 is 18.1 Å². The van der Waals surface area contributed by atoms with Crippen LogP contribution in [0.4, 0.5) is 4.79 Å². The molecule has 1 rings (SSSR count). The lowest BCUT2D eigenvalue weighted by atomic mass is 10.1. The van der Waals surface area contributed by atoms with Crippen LogP contribution in [0, 0.1) is 5.92 Å². The molecule has 0 aromatic carbocycles. The third-order valence-electron chi connectivity index (χ3n) is 2.21. The lowest BCUT2D eigenvalue weighted by molar-refractivity contribution is -0.144. The lowest BCUT2D eigenvalue weighted by Crippen LogP contribution is -2.45. The van der Waals surface area contributed by atoms with E-state index in [9.17, 15) is 9.59 Å². The van der Waals surface area contributed by atoms with Gasteiger partial charge < -0.3 is 14.8 Å². The third-order valence-corrected chi connectivity index (χ3v) is 2.96. The zero-order valence-corrected chi connectivity index (χ0v) is 11.3. The largest absolute Gasteiger partial charge is 0.467 e. The predicted octanol–water partition coefficient (Wildman–Crippen LogP) is 1.57. The van der Waals surface area contributed by atoms with Gasteiger partial charge >= 0.3 is 12.1 Å². The number of esters is 1. The molecule has 0 aliphatic heterocycles. The number of nitrogens with one attached hydrogen (secondary N) is 1. The van der Waals surface area contributed by atoms with E-state index in [2.05, 4.69) is 15.0 Å². The summed E-state index contributed by atoms with van der Waals surface area (Å²) in [6.07, 6.45) is 0.974. The molecule has 1 heterocycles. The van der Waals surface area contributed by atoms with Gasteiger partial charge in [-0.2, -0.15) is 0 Å². The molecule has 1 amide bonds. The van der Waals surface area contributed by atoms with E-state index >= 15 is 0 Å². The minimum Gasteiger partial charge on any atom is -0.467 e. The number of thiazole rings is 1. The number of amides is 1. The van der Waals surface area contributed by atoms with Gasteiger partial charge in [0.2, 0.25) is 0 Å². The Hall–Kier alpha value is -1.63. The van der Waals surface area contributed by atoms with Crippen LogP contribution in [0.25, 0.3) is 0 Å². The second-order valence-electron chi connectivity index (χ2n) is 3.89. The molecule has 0 fully saturated rings. The van der Waals surface area contributed by atoms with Crippen molar-refractivity contribution in [2.45, 2.75) is 26.5 Å². The first-order valence-electron chi connectivity index (χ1n) is 5.44. The Labute approximate surface area is 109 Å². The summed E-state index contributed by atoms with van der Waals surface area (Å²) in [6.45, 7) is 3.71. The van der Waals surface area contributed by atoms with Crippen LogP contribution in [0.1, 0.15) is 18.9 Å². The Kier molecular flexibility index (Phi) is 5.57. The summed E-state index contributed by atoms with van der Waals surface area (Å²) in [4.78, 5) is 26.9. The minimum absolute atomic E-state index is 0.0788. The average molecular weight is 272 g/mol. The van der Waals surface area contributed by atoms with Crippen LogP contribution < -0.4 is 5.32 Å². The van der Waals surface area contributed by atoms with Crippen LogP contribution in [0.5, 0.6) is 0 Å². The molecule has 6 nitrogen and oxygen atoms in total. The number of rotatable bonds is 5. The number of nitrogens with zero attached hydrogens (tertiary/aromatic N) is 1. The number of alkyl carbamates (subject to hydrolysis) is 1. The minimum atomic E-state index is -0.709. The molecule has 0 saturated carbocycles. The van der Waals surface area contributed by atoms with Crippen molar-refractivity contribution in [3.8, 4) is 0 Å². The summed E-state index contributed by atoms with van der Waals surface area (Å²) in [5, 5.41) is 4.96. The number of methoxy groups -OCH3 is 1. The molecular formula is C11H16N2O4S. The van der Waals surface area contributed by atoms with Crippen LogP contribution in [0.2, 0.25) is 0 Å². The lowest BCUT2D eigenvalue weighted by Gasteiger charge is -2.19.